The van der Waals surface area contributed by atoms with E-state index in [1.54, 1.807) is 55.0 Å². The average Bonchev–Trinajstić information content (AvgIpc) is 2.94. The van der Waals surface area contributed by atoms with Gasteiger partial charge in [-0.15, -0.1) is 0 Å². The topological polar surface area (TPSA) is 99.4 Å². The number of rotatable bonds is 0. The molecule has 40 heavy (non-hydrogen) atoms. The van der Waals surface area contributed by atoms with Crippen molar-refractivity contribution in [2.75, 3.05) is 0 Å². The normalized spacial score (nSPS) is 10.3. The van der Waals surface area contributed by atoms with E-state index in [1.807, 2.05) is 0 Å². The number of nitrogens with zero attached hydrogens (tertiary/aromatic N) is 3. The van der Waals surface area contributed by atoms with Gasteiger partial charge < -0.3 is 15.3 Å². The summed E-state index contributed by atoms with van der Waals surface area (Å²) >= 11 is 34.9. The summed E-state index contributed by atoms with van der Waals surface area (Å²) in [6, 6.07) is 15.1. The van der Waals surface area contributed by atoms with Crippen LogP contribution in [-0.4, -0.2) is 56.1 Å². The monoisotopic (exact) mass is 754 g/mol. The summed E-state index contributed by atoms with van der Waals surface area (Å²) in [5.74, 6) is -0.0787. The van der Waals surface area contributed by atoms with E-state index >= 15 is 0 Å². The molecule has 0 aliphatic heterocycles. The second-order valence-electron chi connectivity index (χ2n) is 7.77. The van der Waals surface area contributed by atoms with Gasteiger partial charge in [-0.1, -0.05) is 69.6 Å². The molecule has 0 aliphatic carbocycles. The van der Waals surface area contributed by atoms with Gasteiger partial charge in [-0.05, 0) is 54.6 Å². The van der Waals surface area contributed by atoms with Crippen LogP contribution in [0.25, 0.3) is 32.7 Å². The number of fused-ring (bicyclic) bond motifs is 3. The maximum Gasteiger partial charge on any atom is 0.160 e. The van der Waals surface area contributed by atoms with Crippen molar-refractivity contribution in [2.24, 2.45) is 0 Å². The molecule has 6 rings (SSSR count). The summed E-state index contributed by atoms with van der Waals surface area (Å²) in [6.07, 6.45) is 4.73. The molecule has 3 radical (unpaired) electrons. The molecule has 0 bridgehead atoms. The maximum atomic E-state index is 9.53. The molecule has 3 heterocycles. The number of phenolic OH excluding ortho intramolecular Hbond substituents is 3. The van der Waals surface area contributed by atoms with Gasteiger partial charge in [0.05, 0.1) is 30.1 Å². The zero-order valence-corrected chi connectivity index (χ0v) is 27.8. The molecule has 0 fully saturated rings. The molecule has 0 unspecified atom stereocenters. The van der Waals surface area contributed by atoms with Crippen LogP contribution in [0, 0.1) is 0 Å². The molecule has 0 atom stereocenters. The largest absolute Gasteiger partial charge is 0.504 e. The van der Waals surface area contributed by atoms with Gasteiger partial charge in [-0.25, -0.2) is 0 Å². The first-order valence-electron chi connectivity index (χ1n) is 10.8. The number of hydrogen-bond donors (Lipinski definition) is 3. The zero-order valence-electron chi connectivity index (χ0n) is 20.0. The van der Waals surface area contributed by atoms with Crippen LogP contribution in [0.3, 0.4) is 0 Å². The Balaban J connectivity index is 0.000000163. The molecule has 3 aromatic carbocycles. The summed E-state index contributed by atoms with van der Waals surface area (Å²) in [5.41, 5.74) is 1.29. The Labute approximate surface area is 276 Å². The summed E-state index contributed by atoms with van der Waals surface area (Å²) < 4.78 is 0. The smallest absolute Gasteiger partial charge is 0.160 e. The van der Waals surface area contributed by atoms with Gasteiger partial charge in [0.1, 0.15) is 16.6 Å². The van der Waals surface area contributed by atoms with Crippen LogP contribution in [0.2, 0.25) is 30.1 Å². The van der Waals surface area contributed by atoms with E-state index in [2.05, 4.69) is 15.0 Å². The number of aromatic hydroxyl groups is 3. The molecule has 0 saturated carbocycles. The number of hydrogen-bond acceptors (Lipinski definition) is 6. The van der Waals surface area contributed by atoms with Gasteiger partial charge in [0.25, 0.3) is 0 Å². The summed E-state index contributed by atoms with van der Waals surface area (Å²) in [6.45, 7) is 0. The molecular formula is C27H15Cl6InN3O3. The van der Waals surface area contributed by atoms with Crippen LogP contribution in [-0.2, 0) is 0 Å². The fourth-order valence-corrected chi connectivity index (χ4v) is 5.02. The molecule has 0 saturated heterocycles. The SMILES string of the molecule is Oc1c(Cl)cc(Cl)c2cccnc12.Oc1c(Cl)cc(Cl)c2cccnc12.Oc1c(Cl)cc(Cl)c2cccnc12.[In]. The standard InChI is InChI=1S/3C9H5Cl2NO.In/c3*10-6-4-7(11)9(13)8-5(6)2-1-3-12-8;/h3*1-4,13H;. The van der Waals surface area contributed by atoms with Gasteiger partial charge in [0, 0.05) is 60.6 Å². The Kier molecular flexibility index (Phi) is 11.5. The third-order valence-electron chi connectivity index (χ3n) is 5.31. The van der Waals surface area contributed by atoms with E-state index in [0.29, 0.717) is 47.8 Å². The van der Waals surface area contributed by atoms with E-state index in [-0.39, 0.29) is 58.2 Å². The molecule has 201 valence electrons. The van der Waals surface area contributed by atoms with Gasteiger partial charge >= 0.3 is 0 Å². The van der Waals surface area contributed by atoms with Gasteiger partial charge in [-0.2, -0.15) is 0 Å². The van der Waals surface area contributed by atoms with Crippen LogP contribution in [0.15, 0.2) is 73.2 Å². The molecular weight excluding hydrogens is 742 g/mol. The minimum atomic E-state index is -0.0262. The van der Waals surface area contributed by atoms with E-state index in [0.717, 1.165) is 0 Å². The third kappa shape index (κ3) is 7.02. The van der Waals surface area contributed by atoms with Crippen molar-refractivity contribution in [3.8, 4) is 17.2 Å². The first-order chi connectivity index (χ1) is 18.6. The molecule has 13 heteroatoms. The summed E-state index contributed by atoms with van der Waals surface area (Å²) in [4.78, 5) is 12.0. The van der Waals surface area contributed by atoms with E-state index in [1.165, 1.54) is 18.2 Å². The van der Waals surface area contributed by atoms with Crippen LogP contribution >= 0.6 is 69.6 Å². The fraction of sp³-hybridized carbons (Fsp3) is 0. The molecule has 3 aromatic heterocycles. The Morgan fingerprint density at radius 2 is 0.675 bits per heavy atom. The minimum Gasteiger partial charge on any atom is -0.504 e. The van der Waals surface area contributed by atoms with Crippen molar-refractivity contribution in [2.45, 2.75) is 0 Å². The van der Waals surface area contributed by atoms with Gasteiger partial charge in [0.15, 0.2) is 17.2 Å². The molecule has 6 nitrogen and oxygen atoms in total. The number of phenols is 3. The van der Waals surface area contributed by atoms with Gasteiger partial charge in [-0.3, -0.25) is 15.0 Å². The summed E-state index contributed by atoms with van der Waals surface area (Å²) in [5, 5.41) is 32.8. The quantitative estimate of drug-likeness (QED) is 0.143. The van der Waals surface area contributed by atoms with Crippen molar-refractivity contribution in [3.63, 3.8) is 0 Å². The first-order valence-corrected chi connectivity index (χ1v) is 13.1. The van der Waals surface area contributed by atoms with Crippen LogP contribution in [0.4, 0.5) is 0 Å². The Bertz CT molecular complexity index is 1630. The fourth-order valence-electron chi connectivity index (χ4n) is 3.47. The van der Waals surface area contributed by atoms with Crippen molar-refractivity contribution in [3.05, 3.63) is 103 Å². The Morgan fingerprint density at radius 3 is 0.925 bits per heavy atom. The summed E-state index contributed by atoms with van der Waals surface area (Å²) in [7, 11) is 0. The third-order valence-corrected chi connectivity index (χ3v) is 7.11. The minimum absolute atomic E-state index is 0. The maximum absolute atomic E-state index is 9.53. The number of pyridine rings is 3. The van der Waals surface area contributed by atoms with Crippen LogP contribution in [0.1, 0.15) is 0 Å². The average molecular weight is 757 g/mol. The van der Waals surface area contributed by atoms with E-state index in [9.17, 15) is 15.3 Å². The Hall–Kier alpha value is -2.10. The van der Waals surface area contributed by atoms with Crippen molar-refractivity contribution < 1.29 is 15.3 Å². The van der Waals surface area contributed by atoms with Crippen molar-refractivity contribution in [1.29, 1.82) is 0 Å². The predicted octanol–water partition coefficient (Wildman–Crippen LogP) is 9.36. The number of benzene rings is 3. The molecule has 3 N–H and O–H groups in total. The molecule has 6 aromatic rings. The molecule has 0 amide bonds. The second kappa shape index (κ2) is 14.2. The zero-order chi connectivity index (χ0) is 28.3. The molecule has 0 aliphatic rings. The first kappa shape index (κ1) is 32.4. The van der Waals surface area contributed by atoms with Crippen LogP contribution < -0.4 is 0 Å². The van der Waals surface area contributed by atoms with Crippen molar-refractivity contribution >= 4 is 128 Å². The van der Waals surface area contributed by atoms with E-state index in [4.69, 9.17) is 69.6 Å². The molecule has 0 spiro atoms. The Morgan fingerprint density at radius 1 is 0.425 bits per heavy atom. The van der Waals surface area contributed by atoms with Crippen LogP contribution in [0.5, 0.6) is 17.2 Å². The second-order valence-corrected chi connectivity index (χ2v) is 10.2. The number of halogens is 6. The van der Waals surface area contributed by atoms with Crippen molar-refractivity contribution in [1.82, 2.24) is 15.0 Å². The predicted molar refractivity (Wildman–Crippen MR) is 166 cm³/mol. The number of aromatic nitrogens is 3. The van der Waals surface area contributed by atoms with E-state index < -0.39 is 0 Å². The van der Waals surface area contributed by atoms with Gasteiger partial charge in [0.2, 0.25) is 0 Å².